The Morgan fingerprint density at radius 2 is 1.74 bits per heavy atom. The molecule has 3 heteroatoms. The summed E-state index contributed by atoms with van der Waals surface area (Å²) >= 11 is 0. The van der Waals surface area contributed by atoms with Gasteiger partial charge < -0.3 is 4.74 Å². The lowest BCUT2D eigenvalue weighted by molar-refractivity contribution is -0.119. The number of carbonyl (C=O) groups excluding carboxylic acids is 2. The fourth-order valence-electron chi connectivity index (χ4n) is 4.79. The highest BCUT2D eigenvalue weighted by atomic mass is 16.5. The molecule has 0 N–H and O–H groups in total. The quantitative estimate of drug-likeness (QED) is 0.719. The second-order valence-electron chi connectivity index (χ2n) is 8.18. The average molecular weight is 314 g/mol. The van der Waals surface area contributed by atoms with Crippen molar-refractivity contribution < 1.29 is 14.3 Å². The van der Waals surface area contributed by atoms with Crippen LogP contribution in [0.5, 0.6) is 0 Å². The smallest absolute Gasteiger partial charge is 0.225 e. The number of allylic oxidation sites excluding steroid dienone is 5. The topological polar surface area (TPSA) is 43.4 Å². The highest BCUT2D eigenvalue weighted by molar-refractivity contribution is 6.27. The van der Waals surface area contributed by atoms with Crippen LogP contribution in [-0.4, -0.2) is 18.7 Å². The lowest BCUT2D eigenvalue weighted by atomic mass is 9.59. The van der Waals surface area contributed by atoms with E-state index in [0.717, 1.165) is 19.3 Å². The Morgan fingerprint density at radius 1 is 1.09 bits per heavy atom. The van der Waals surface area contributed by atoms with Crippen molar-refractivity contribution in [2.45, 2.75) is 53.9 Å². The molecule has 3 aliphatic carbocycles. The van der Waals surface area contributed by atoms with Crippen molar-refractivity contribution in [2.24, 2.45) is 16.7 Å². The first kappa shape index (κ1) is 16.2. The van der Waals surface area contributed by atoms with E-state index in [1.54, 1.807) is 0 Å². The number of fused-ring (bicyclic) bond motifs is 2. The number of hydrogen-bond acceptors (Lipinski definition) is 3. The van der Waals surface area contributed by atoms with Crippen molar-refractivity contribution in [1.82, 2.24) is 0 Å². The van der Waals surface area contributed by atoms with E-state index in [9.17, 15) is 9.59 Å². The van der Waals surface area contributed by atoms with Crippen molar-refractivity contribution >= 4 is 11.6 Å². The summed E-state index contributed by atoms with van der Waals surface area (Å²) in [7, 11) is 1.49. The highest BCUT2D eigenvalue weighted by Gasteiger charge is 2.53. The van der Waals surface area contributed by atoms with E-state index in [0.29, 0.717) is 16.7 Å². The van der Waals surface area contributed by atoms with Crippen LogP contribution in [0.1, 0.15) is 53.9 Å². The van der Waals surface area contributed by atoms with E-state index < -0.39 is 0 Å². The molecule has 3 nitrogen and oxygen atoms in total. The van der Waals surface area contributed by atoms with Crippen molar-refractivity contribution in [3.8, 4) is 0 Å². The number of Topliss-reactive ketones (excluding diaryl/α,β-unsaturated/α-hetero) is 2. The Hall–Kier alpha value is -1.64. The standard InChI is InChI=1S/C20H26O3/c1-11(2)14-16(21)12-10-13-19(3,4)8-7-9-20(13,5)15(12)17(22)18(14)23-6/h10-11H,7-9H2,1-6H3/t20-/m1/s1. The maximum absolute atomic E-state index is 13.1. The SMILES string of the molecule is COC1=C(C(C)C)C(=O)C2=C(C1=O)[C@]1(C)CCCC(C)(C)C1=C2. The Kier molecular flexibility index (Phi) is 3.48. The normalized spacial score (nSPS) is 29.8. The van der Waals surface area contributed by atoms with Gasteiger partial charge in [-0.3, -0.25) is 9.59 Å². The zero-order valence-electron chi connectivity index (χ0n) is 15.0. The fraction of sp³-hybridized carbons (Fsp3) is 0.600. The molecule has 0 spiro atoms. The molecule has 23 heavy (non-hydrogen) atoms. The summed E-state index contributed by atoms with van der Waals surface area (Å²) < 4.78 is 5.38. The second kappa shape index (κ2) is 4.93. The van der Waals surface area contributed by atoms with E-state index >= 15 is 0 Å². The zero-order chi connectivity index (χ0) is 17.2. The number of rotatable bonds is 2. The number of carbonyl (C=O) groups is 2. The van der Waals surface area contributed by atoms with E-state index in [2.05, 4.69) is 20.8 Å². The molecular weight excluding hydrogens is 288 g/mol. The molecule has 1 fully saturated rings. The van der Waals surface area contributed by atoms with Crippen LogP contribution in [0.15, 0.2) is 34.1 Å². The molecular formula is C20H26O3. The molecule has 1 saturated carbocycles. The predicted molar refractivity (Wildman–Crippen MR) is 89.7 cm³/mol. The second-order valence-corrected chi connectivity index (χ2v) is 8.18. The van der Waals surface area contributed by atoms with Crippen LogP contribution >= 0.6 is 0 Å². The first-order valence-electron chi connectivity index (χ1n) is 8.50. The maximum Gasteiger partial charge on any atom is 0.225 e. The van der Waals surface area contributed by atoms with Gasteiger partial charge in [0.25, 0.3) is 0 Å². The molecule has 3 rings (SSSR count). The summed E-state index contributed by atoms with van der Waals surface area (Å²) in [5.41, 5.74) is 2.75. The molecule has 0 aromatic carbocycles. The van der Waals surface area contributed by atoms with Gasteiger partial charge in [-0.05, 0) is 30.3 Å². The third kappa shape index (κ3) is 2.02. The van der Waals surface area contributed by atoms with Crippen LogP contribution in [0.3, 0.4) is 0 Å². The molecule has 0 unspecified atom stereocenters. The summed E-state index contributed by atoms with van der Waals surface area (Å²) in [6.45, 7) is 10.4. The Balaban J connectivity index is 2.20. The molecule has 0 heterocycles. The van der Waals surface area contributed by atoms with Gasteiger partial charge in [-0.2, -0.15) is 0 Å². The van der Waals surface area contributed by atoms with E-state index in [1.165, 1.54) is 12.7 Å². The minimum Gasteiger partial charge on any atom is -0.492 e. The van der Waals surface area contributed by atoms with E-state index in [-0.39, 0.29) is 34.1 Å². The summed E-state index contributed by atoms with van der Waals surface area (Å²) in [5.74, 6) is 0.114. The number of hydrogen-bond donors (Lipinski definition) is 0. The van der Waals surface area contributed by atoms with E-state index in [4.69, 9.17) is 4.74 Å². The summed E-state index contributed by atoms with van der Waals surface area (Å²) in [6, 6.07) is 0. The van der Waals surface area contributed by atoms with Crippen LogP contribution in [0.25, 0.3) is 0 Å². The Morgan fingerprint density at radius 3 is 2.30 bits per heavy atom. The summed E-state index contributed by atoms with van der Waals surface area (Å²) in [4.78, 5) is 26.2. The maximum atomic E-state index is 13.1. The fourth-order valence-corrected chi connectivity index (χ4v) is 4.79. The highest BCUT2D eigenvalue weighted by Crippen LogP contribution is 2.60. The molecule has 0 aliphatic heterocycles. The molecule has 1 atom stereocenters. The van der Waals surface area contributed by atoms with Gasteiger partial charge in [0.1, 0.15) is 0 Å². The van der Waals surface area contributed by atoms with Crippen molar-refractivity contribution in [3.63, 3.8) is 0 Å². The number of methoxy groups -OCH3 is 1. The lowest BCUT2D eigenvalue weighted by Crippen LogP contribution is -2.38. The van der Waals surface area contributed by atoms with Crippen LogP contribution in [0, 0.1) is 16.7 Å². The average Bonchev–Trinajstić information content (AvgIpc) is 2.77. The van der Waals surface area contributed by atoms with E-state index in [1.807, 2.05) is 19.9 Å². The lowest BCUT2D eigenvalue weighted by Gasteiger charge is -2.45. The van der Waals surface area contributed by atoms with Crippen LogP contribution in [0.4, 0.5) is 0 Å². The zero-order valence-corrected chi connectivity index (χ0v) is 15.0. The molecule has 0 amide bonds. The third-order valence-corrected chi connectivity index (χ3v) is 5.86. The van der Waals surface area contributed by atoms with Crippen LogP contribution < -0.4 is 0 Å². The van der Waals surface area contributed by atoms with Crippen LogP contribution in [-0.2, 0) is 14.3 Å². The van der Waals surface area contributed by atoms with Gasteiger partial charge in [0.2, 0.25) is 5.78 Å². The number of ketones is 2. The van der Waals surface area contributed by atoms with Gasteiger partial charge in [-0.1, -0.05) is 46.6 Å². The summed E-state index contributed by atoms with van der Waals surface area (Å²) in [6.07, 6.45) is 5.11. The largest absolute Gasteiger partial charge is 0.492 e. The van der Waals surface area contributed by atoms with Gasteiger partial charge in [0.05, 0.1) is 7.11 Å². The number of ether oxygens (including phenoxy) is 1. The first-order chi connectivity index (χ1) is 10.6. The molecule has 0 radical (unpaired) electrons. The molecule has 0 aromatic rings. The predicted octanol–water partition coefficient (Wildman–Crippen LogP) is 4.15. The minimum absolute atomic E-state index is 0.0228. The van der Waals surface area contributed by atoms with Gasteiger partial charge >= 0.3 is 0 Å². The monoisotopic (exact) mass is 314 g/mol. The Labute approximate surface area is 138 Å². The molecule has 124 valence electrons. The molecule has 3 aliphatic rings. The summed E-state index contributed by atoms with van der Waals surface area (Å²) in [5, 5.41) is 0. The third-order valence-electron chi connectivity index (χ3n) is 5.86. The molecule has 0 aromatic heterocycles. The van der Waals surface area contributed by atoms with Gasteiger partial charge in [-0.25, -0.2) is 0 Å². The van der Waals surface area contributed by atoms with Crippen molar-refractivity contribution in [2.75, 3.05) is 7.11 Å². The van der Waals surface area contributed by atoms with Gasteiger partial charge in [0, 0.05) is 22.1 Å². The van der Waals surface area contributed by atoms with Gasteiger partial charge in [-0.15, -0.1) is 0 Å². The molecule has 0 bridgehead atoms. The van der Waals surface area contributed by atoms with Crippen LogP contribution in [0.2, 0.25) is 0 Å². The Bertz CT molecular complexity index is 700. The minimum atomic E-state index is -0.323. The first-order valence-corrected chi connectivity index (χ1v) is 8.50. The molecule has 0 saturated heterocycles. The van der Waals surface area contributed by atoms with Gasteiger partial charge in [0.15, 0.2) is 11.5 Å². The van der Waals surface area contributed by atoms with Crippen molar-refractivity contribution in [3.05, 3.63) is 34.1 Å². The van der Waals surface area contributed by atoms with Crippen molar-refractivity contribution in [1.29, 1.82) is 0 Å².